The molecule has 1 aromatic heterocycles. The molecule has 2 rings (SSSR count). The number of carboxylic acids is 1. The fourth-order valence-electron chi connectivity index (χ4n) is 2.54. The highest BCUT2D eigenvalue weighted by molar-refractivity contribution is 7.13. The van der Waals surface area contributed by atoms with Crippen LogP contribution in [-0.4, -0.2) is 54.5 Å². The van der Waals surface area contributed by atoms with Gasteiger partial charge in [0.25, 0.3) is 5.91 Å². The van der Waals surface area contributed by atoms with Gasteiger partial charge in [0.1, 0.15) is 22.3 Å². The Hall–Kier alpha value is -2.56. The second kappa shape index (κ2) is 10.4. The maximum atomic E-state index is 12.7. The van der Waals surface area contributed by atoms with E-state index in [4.69, 9.17) is 9.16 Å². The number of benzene rings is 1. The van der Waals surface area contributed by atoms with E-state index in [9.17, 15) is 19.5 Å². The van der Waals surface area contributed by atoms with E-state index in [-0.39, 0.29) is 17.3 Å². The van der Waals surface area contributed by atoms with E-state index in [1.54, 1.807) is 50.4 Å². The number of aliphatic carboxylic acids is 1. The highest BCUT2D eigenvalue weighted by Crippen LogP contribution is 2.36. The number of hydrogen-bond donors (Lipinski definition) is 2. The summed E-state index contributed by atoms with van der Waals surface area (Å²) >= 11 is 1.23. The summed E-state index contributed by atoms with van der Waals surface area (Å²) in [6.07, 6.45) is 0. The van der Waals surface area contributed by atoms with Crippen LogP contribution in [0.4, 0.5) is 0 Å². The molecule has 0 unspecified atom stereocenters. The van der Waals surface area contributed by atoms with Crippen LogP contribution >= 0.6 is 11.3 Å². The Balaban J connectivity index is 2.13. The molecule has 0 aliphatic heterocycles. The average molecular weight is 507 g/mol. The molecule has 10 heteroatoms. The van der Waals surface area contributed by atoms with Gasteiger partial charge in [-0.05, 0) is 51.0 Å². The first-order chi connectivity index (χ1) is 15.5. The normalized spacial score (nSPS) is 13.3. The summed E-state index contributed by atoms with van der Waals surface area (Å²) in [5.41, 5.74) is 0.515. The summed E-state index contributed by atoms with van der Waals surface area (Å²) < 4.78 is 11.4. The number of amides is 1. The van der Waals surface area contributed by atoms with Crippen LogP contribution < -0.4 is 5.32 Å². The molecule has 1 aromatic carbocycles. The number of carbonyl (C=O) groups excluding carboxylic acids is 2. The van der Waals surface area contributed by atoms with Gasteiger partial charge in [-0.15, -0.1) is 11.3 Å². The second-order valence-electron chi connectivity index (χ2n) is 10.6. The molecule has 0 aliphatic carbocycles. The van der Waals surface area contributed by atoms with Crippen molar-refractivity contribution in [2.45, 2.75) is 71.3 Å². The maximum Gasteiger partial charge on any atom is 0.338 e. The molecule has 0 aliphatic rings. The first-order valence-electron chi connectivity index (χ1n) is 11.0. The number of esters is 1. The van der Waals surface area contributed by atoms with Crippen molar-refractivity contribution in [2.75, 3.05) is 6.61 Å². The van der Waals surface area contributed by atoms with Crippen LogP contribution in [0.3, 0.4) is 0 Å². The highest BCUT2D eigenvalue weighted by Gasteiger charge is 2.38. The molecule has 0 saturated heterocycles. The lowest BCUT2D eigenvalue weighted by Crippen LogP contribution is -2.49. The third kappa shape index (κ3) is 7.47. The van der Waals surface area contributed by atoms with Gasteiger partial charge < -0.3 is 19.6 Å². The largest absolute Gasteiger partial charge is 0.480 e. The Morgan fingerprint density at radius 3 is 2.35 bits per heavy atom. The van der Waals surface area contributed by atoms with E-state index in [1.165, 1.54) is 11.3 Å². The Kier molecular flexibility index (Phi) is 8.44. The minimum absolute atomic E-state index is 0.0856. The van der Waals surface area contributed by atoms with Crippen molar-refractivity contribution in [2.24, 2.45) is 0 Å². The number of carbonyl (C=O) groups is 3. The van der Waals surface area contributed by atoms with Gasteiger partial charge in [-0.1, -0.05) is 32.9 Å². The van der Waals surface area contributed by atoms with Gasteiger partial charge >= 0.3 is 11.9 Å². The molecular weight excluding hydrogens is 472 g/mol. The van der Waals surface area contributed by atoms with Gasteiger partial charge in [-0.2, -0.15) is 0 Å². The van der Waals surface area contributed by atoms with E-state index in [0.29, 0.717) is 16.1 Å². The Morgan fingerprint density at radius 2 is 1.79 bits per heavy atom. The van der Waals surface area contributed by atoms with E-state index in [1.807, 2.05) is 13.1 Å². The number of nitrogens with zero attached hydrogens (tertiary/aromatic N) is 1. The quantitative estimate of drug-likeness (QED) is 0.384. The lowest BCUT2D eigenvalue weighted by Gasteiger charge is -2.36. The van der Waals surface area contributed by atoms with Crippen molar-refractivity contribution in [1.29, 1.82) is 0 Å². The Morgan fingerprint density at radius 1 is 1.15 bits per heavy atom. The molecule has 0 radical (unpaired) electrons. The molecule has 1 amide bonds. The molecule has 2 aromatic rings. The summed E-state index contributed by atoms with van der Waals surface area (Å²) in [6.45, 7) is 15.5. The Bertz CT molecular complexity index is 1050. The average Bonchev–Trinajstić information content (AvgIpc) is 3.19. The third-order valence-electron chi connectivity index (χ3n) is 5.50. The van der Waals surface area contributed by atoms with Crippen molar-refractivity contribution in [3.63, 3.8) is 0 Å². The van der Waals surface area contributed by atoms with E-state index < -0.39 is 37.8 Å². The number of carboxylic acid groups (broad SMARTS) is 1. The monoisotopic (exact) mass is 506 g/mol. The van der Waals surface area contributed by atoms with Gasteiger partial charge in [0.05, 0.1) is 12.2 Å². The number of nitrogens with one attached hydrogen (secondary N) is 1. The van der Waals surface area contributed by atoms with Crippen molar-refractivity contribution in [1.82, 2.24) is 10.3 Å². The molecule has 0 spiro atoms. The predicted octanol–water partition coefficient (Wildman–Crippen LogP) is 4.97. The zero-order valence-corrected chi connectivity index (χ0v) is 22.8. The standard InChI is InChI=1S/C24H34N2O6SSi/c1-23(2,3)32-22(30)16-11-9-10-15(12-16)20-26-18(14-33-20)19(27)25-17(21(28)29)13-31-34(7,8)24(4,5)6/h9-12,14,17H,13H2,1-8H3,(H,25,27)(H,28,29)/t17-/m0/s1. The van der Waals surface area contributed by atoms with E-state index in [2.05, 4.69) is 31.1 Å². The Labute approximate surface area is 205 Å². The SMILES string of the molecule is CC(C)(C)OC(=O)c1cccc(-c2nc(C(=O)N[C@@H](CO[Si](C)(C)C(C)(C)C)C(=O)O)cs2)c1. The molecule has 0 bridgehead atoms. The summed E-state index contributed by atoms with van der Waals surface area (Å²) in [6, 6.07) is 5.61. The van der Waals surface area contributed by atoms with Gasteiger partial charge in [-0.3, -0.25) is 4.79 Å². The van der Waals surface area contributed by atoms with Crippen molar-refractivity contribution in [3.8, 4) is 10.6 Å². The molecule has 34 heavy (non-hydrogen) atoms. The van der Waals surface area contributed by atoms with Crippen LogP contribution in [0.2, 0.25) is 18.1 Å². The van der Waals surface area contributed by atoms with Crippen LogP contribution in [0.5, 0.6) is 0 Å². The molecule has 1 atom stereocenters. The summed E-state index contributed by atoms with van der Waals surface area (Å²) in [4.78, 5) is 41.1. The highest BCUT2D eigenvalue weighted by atomic mass is 32.1. The van der Waals surface area contributed by atoms with Crippen molar-refractivity contribution < 1.29 is 28.7 Å². The van der Waals surface area contributed by atoms with Gasteiger partial charge in [-0.25, -0.2) is 14.6 Å². The van der Waals surface area contributed by atoms with Crippen LogP contribution in [-0.2, 0) is 14.0 Å². The fraction of sp³-hybridized carbons (Fsp3) is 0.500. The van der Waals surface area contributed by atoms with Gasteiger partial charge in [0.2, 0.25) is 0 Å². The van der Waals surface area contributed by atoms with E-state index in [0.717, 1.165) is 0 Å². The summed E-state index contributed by atoms with van der Waals surface area (Å²) in [7, 11) is -2.18. The number of aromatic nitrogens is 1. The number of ether oxygens (including phenoxy) is 1. The lowest BCUT2D eigenvalue weighted by molar-refractivity contribution is -0.140. The summed E-state index contributed by atoms with van der Waals surface area (Å²) in [5.74, 6) is -2.22. The summed E-state index contributed by atoms with van der Waals surface area (Å²) in [5, 5.41) is 14.1. The molecule has 2 N–H and O–H groups in total. The maximum absolute atomic E-state index is 12.7. The van der Waals surface area contributed by atoms with Crippen LogP contribution in [0.15, 0.2) is 29.6 Å². The van der Waals surface area contributed by atoms with Crippen LogP contribution in [0.1, 0.15) is 62.4 Å². The first kappa shape index (κ1) is 27.7. The van der Waals surface area contributed by atoms with Crippen molar-refractivity contribution in [3.05, 3.63) is 40.9 Å². The van der Waals surface area contributed by atoms with E-state index >= 15 is 0 Å². The minimum atomic E-state index is -2.18. The lowest BCUT2D eigenvalue weighted by atomic mass is 10.1. The zero-order valence-electron chi connectivity index (χ0n) is 21.0. The fourth-order valence-corrected chi connectivity index (χ4v) is 4.36. The second-order valence-corrected chi connectivity index (χ2v) is 16.2. The van der Waals surface area contributed by atoms with Crippen LogP contribution in [0, 0.1) is 0 Å². The molecular formula is C24H34N2O6SSi. The van der Waals surface area contributed by atoms with Gasteiger partial charge in [0, 0.05) is 10.9 Å². The molecule has 1 heterocycles. The molecule has 0 saturated carbocycles. The minimum Gasteiger partial charge on any atom is -0.480 e. The predicted molar refractivity (Wildman–Crippen MR) is 135 cm³/mol. The first-order valence-corrected chi connectivity index (χ1v) is 14.8. The number of thiazole rings is 1. The molecule has 8 nitrogen and oxygen atoms in total. The number of rotatable bonds is 8. The topological polar surface area (TPSA) is 115 Å². The number of hydrogen-bond acceptors (Lipinski definition) is 7. The van der Waals surface area contributed by atoms with Gasteiger partial charge in [0.15, 0.2) is 8.32 Å². The van der Waals surface area contributed by atoms with Crippen molar-refractivity contribution >= 4 is 37.5 Å². The third-order valence-corrected chi connectivity index (χ3v) is 10.9. The zero-order chi connectivity index (χ0) is 25.9. The molecule has 186 valence electrons. The molecule has 0 fully saturated rings. The smallest absolute Gasteiger partial charge is 0.338 e. The van der Waals surface area contributed by atoms with Crippen LogP contribution in [0.25, 0.3) is 10.6 Å².